The zero-order valence-corrected chi connectivity index (χ0v) is 18.1. The molecule has 0 aliphatic carbocycles. The Labute approximate surface area is 183 Å². The lowest BCUT2D eigenvalue weighted by Gasteiger charge is -2.39. The summed E-state index contributed by atoms with van der Waals surface area (Å²) >= 11 is 6.58. The van der Waals surface area contributed by atoms with Gasteiger partial charge in [0.25, 0.3) is 0 Å². The number of benzene rings is 1. The van der Waals surface area contributed by atoms with Gasteiger partial charge in [0, 0.05) is 47.4 Å². The van der Waals surface area contributed by atoms with E-state index in [0.29, 0.717) is 29.5 Å². The number of hydrogen-bond donors (Lipinski definition) is 2. The molecule has 1 amide bonds. The molecule has 3 heterocycles. The van der Waals surface area contributed by atoms with Crippen molar-refractivity contribution in [2.45, 2.75) is 25.8 Å². The lowest BCUT2D eigenvalue weighted by Crippen LogP contribution is -2.48. The lowest BCUT2D eigenvalue weighted by molar-refractivity contribution is 0.104. The Morgan fingerprint density at radius 2 is 2.10 bits per heavy atom. The molecule has 162 valence electrons. The second-order valence-corrected chi connectivity index (χ2v) is 8.03. The van der Waals surface area contributed by atoms with Crippen LogP contribution < -0.4 is 15.9 Å². The first-order chi connectivity index (χ1) is 14.7. The highest BCUT2D eigenvalue weighted by Gasteiger charge is 2.36. The first kappa shape index (κ1) is 20.9. The maximum absolute atomic E-state index is 12.3. The zero-order valence-electron chi connectivity index (χ0n) is 17.3. The third-order valence-corrected chi connectivity index (χ3v) is 6.31. The molecule has 3 N–H and O–H groups in total. The minimum Gasteiger partial charge on any atom is -0.496 e. The van der Waals surface area contributed by atoms with Crippen LogP contribution in [0.2, 0.25) is 5.02 Å². The Hall–Kier alpha value is -3.33. The smallest absolute Gasteiger partial charge is 0.407 e. The minimum atomic E-state index is -0.944. The predicted octanol–water partition coefficient (Wildman–Crippen LogP) is 3.03. The van der Waals surface area contributed by atoms with Crippen LogP contribution in [0.4, 0.5) is 10.6 Å². The summed E-state index contributed by atoms with van der Waals surface area (Å²) in [6.07, 6.45) is 2.03. The normalized spacial score (nSPS) is 15.0. The van der Waals surface area contributed by atoms with E-state index in [1.165, 1.54) is 17.3 Å². The Morgan fingerprint density at radius 3 is 2.74 bits per heavy atom. The number of methoxy groups -OCH3 is 1. The van der Waals surface area contributed by atoms with Crippen LogP contribution in [0.1, 0.15) is 35.6 Å². The van der Waals surface area contributed by atoms with Gasteiger partial charge in [-0.15, -0.1) is 0 Å². The number of likely N-dealkylation sites (tertiary alicyclic amines) is 1. The number of aromatic nitrogens is 3. The molecule has 31 heavy (non-hydrogen) atoms. The van der Waals surface area contributed by atoms with Crippen LogP contribution >= 0.6 is 11.6 Å². The number of fused-ring (bicyclic) bond motifs is 1. The van der Waals surface area contributed by atoms with E-state index >= 15 is 0 Å². The molecule has 0 bridgehead atoms. The maximum Gasteiger partial charge on any atom is 0.407 e. The highest BCUT2D eigenvalue weighted by atomic mass is 35.5. The van der Waals surface area contributed by atoms with E-state index < -0.39 is 6.09 Å². The van der Waals surface area contributed by atoms with Crippen molar-refractivity contribution in [2.75, 3.05) is 25.9 Å². The molecule has 10 heteroatoms. The summed E-state index contributed by atoms with van der Waals surface area (Å²) < 4.78 is 7.64. The molecule has 1 atom stereocenters. The minimum absolute atomic E-state index is 0.0144. The van der Waals surface area contributed by atoms with Gasteiger partial charge < -0.3 is 25.0 Å². The molecule has 1 saturated heterocycles. The summed E-state index contributed by atoms with van der Waals surface area (Å²) in [5.74, 6) is 0.757. The van der Waals surface area contributed by atoms with Crippen LogP contribution in [-0.2, 0) is 0 Å². The third-order valence-electron chi connectivity index (χ3n) is 5.92. The number of carboxylic acid groups (broad SMARTS) is 1. The van der Waals surface area contributed by atoms with E-state index in [9.17, 15) is 14.7 Å². The molecular weight excluding hydrogens is 422 g/mol. The maximum atomic E-state index is 12.3. The quantitative estimate of drug-likeness (QED) is 0.635. The summed E-state index contributed by atoms with van der Waals surface area (Å²) in [5.41, 5.74) is 8.64. The Balaban J connectivity index is 1.87. The molecule has 1 unspecified atom stereocenters. The van der Waals surface area contributed by atoms with Gasteiger partial charge in [-0.05, 0) is 25.5 Å². The van der Waals surface area contributed by atoms with Crippen molar-refractivity contribution < 1.29 is 14.6 Å². The fourth-order valence-electron chi connectivity index (χ4n) is 4.20. The average molecular weight is 444 g/mol. The molecule has 9 nitrogen and oxygen atoms in total. The number of amides is 1. The standard InChI is InChI=1S/C21H22ClN5O4/c1-10-14(22)6-13(18(31-3)16(10)12-7-26(8-12)21(29)30)11(2)27-5-4-15(28)17-19(23)24-9-25-20(17)27/h4-6,9,11-12H,7-8H2,1-3H3,(H,29,30)(H2,23,24,25). The van der Waals surface area contributed by atoms with E-state index in [1.807, 2.05) is 24.5 Å². The first-order valence-corrected chi connectivity index (χ1v) is 10.1. The monoisotopic (exact) mass is 443 g/mol. The van der Waals surface area contributed by atoms with Crippen molar-refractivity contribution in [3.63, 3.8) is 0 Å². The van der Waals surface area contributed by atoms with E-state index in [2.05, 4.69) is 9.97 Å². The van der Waals surface area contributed by atoms with Crippen LogP contribution in [0.3, 0.4) is 0 Å². The van der Waals surface area contributed by atoms with Gasteiger partial charge in [0.1, 0.15) is 28.9 Å². The van der Waals surface area contributed by atoms with E-state index in [4.69, 9.17) is 22.1 Å². The fourth-order valence-corrected chi connectivity index (χ4v) is 4.42. The highest BCUT2D eigenvalue weighted by molar-refractivity contribution is 6.31. The number of nitrogen functional groups attached to an aromatic ring is 1. The van der Waals surface area contributed by atoms with Gasteiger partial charge in [0.2, 0.25) is 0 Å². The molecule has 1 fully saturated rings. The number of ether oxygens (including phenoxy) is 1. The molecule has 1 aliphatic heterocycles. The van der Waals surface area contributed by atoms with Crippen molar-refractivity contribution in [2.24, 2.45) is 0 Å². The summed E-state index contributed by atoms with van der Waals surface area (Å²) in [6, 6.07) is 2.96. The largest absolute Gasteiger partial charge is 0.496 e. The zero-order chi connectivity index (χ0) is 22.4. The topological polar surface area (TPSA) is 124 Å². The molecule has 0 saturated carbocycles. The van der Waals surface area contributed by atoms with Crippen LogP contribution in [-0.4, -0.2) is 50.8 Å². The summed E-state index contributed by atoms with van der Waals surface area (Å²) in [4.78, 5) is 33.1. The third kappa shape index (κ3) is 3.34. The highest BCUT2D eigenvalue weighted by Crippen LogP contribution is 2.43. The van der Waals surface area contributed by atoms with Gasteiger partial charge in [-0.25, -0.2) is 14.8 Å². The molecule has 0 spiro atoms. The summed E-state index contributed by atoms with van der Waals surface area (Å²) in [6.45, 7) is 4.61. The van der Waals surface area contributed by atoms with Gasteiger partial charge in [-0.1, -0.05) is 11.6 Å². The first-order valence-electron chi connectivity index (χ1n) is 9.70. The average Bonchev–Trinajstić information content (AvgIpc) is 2.69. The van der Waals surface area contributed by atoms with Crippen LogP contribution in [0, 0.1) is 6.92 Å². The van der Waals surface area contributed by atoms with Crippen molar-refractivity contribution in [3.05, 3.63) is 56.6 Å². The molecule has 0 radical (unpaired) electrons. The number of nitrogens with two attached hydrogens (primary N) is 1. The van der Waals surface area contributed by atoms with Crippen LogP contribution in [0.25, 0.3) is 11.0 Å². The molecule has 1 aliphatic rings. The Morgan fingerprint density at radius 1 is 1.39 bits per heavy atom. The second-order valence-electron chi connectivity index (χ2n) is 7.62. The number of nitrogens with zero attached hydrogens (tertiary/aromatic N) is 4. The van der Waals surface area contributed by atoms with E-state index in [1.54, 1.807) is 13.3 Å². The van der Waals surface area contributed by atoms with Gasteiger partial charge in [-0.3, -0.25) is 4.79 Å². The van der Waals surface area contributed by atoms with Gasteiger partial charge in [0.15, 0.2) is 5.43 Å². The van der Waals surface area contributed by atoms with Crippen molar-refractivity contribution in [1.29, 1.82) is 0 Å². The molecular formula is C21H22ClN5O4. The van der Waals surface area contributed by atoms with Crippen molar-refractivity contribution in [1.82, 2.24) is 19.4 Å². The number of pyridine rings is 1. The number of hydrogen-bond acceptors (Lipinski definition) is 6. The predicted molar refractivity (Wildman–Crippen MR) is 117 cm³/mol. The number of carbonyl (C=O) groups is 1. The van der Waals surface area contributed by atoms with Crippen molar-refractivity contribution in [3.8, 4) is 5.75 Å². The number of anilines is 1. The van der Waals surface area contributed by atoms with Crippen LogP contribution in [0.5, 0.6) is 5.75 Å². The molecule has 1 aromatic carbocycles. The Kier molecular flexibility index (Phi) is 5.22. The Bertz CT molecular complexity index is 1250. The second kappa shape index (κ2) is 7.73. The molecule has 4 rings (SSSR count). The summed E-state index contributed by atoms with van der Waals surface area (Å²) in [5, 5.41) is 10.0. The van der Waals surface area contributed by atoms with Crippen LogP contribution in [0.15, 0.2) is 29.5 Å². The van der Waals surface area contributed by atoms with Crippen molar-refractivity contribution >= 4 is 34.5 Å². The summed E-state index contributed by atoms with van der Waals surface area (Å²) in [7, 11) is 1.58. The molecule has 2 aromatic heterocycles. The van der Waals surface area contributed by atoms with Gasteiger partial charge in [-0.2, -0.15) is 0 Å². The van der Waals surface area contributed by atoms with E-state index in [-0.39, 0.29) is 28.6 Å². The fraction of sp³-hybridized carbons (Fsp3) is 0.333. The SMILES string of the molecule is COc1c(C(C)n2ccc(=O)c3c(N)ncnc32)cc(Cl)c(C)c1C1CN(C(=O)O)C1. The van der Waals surface area contributed by atoms with Gasteiger partial charge >= 0.3 is 6.09 Å². The lowest BCUT2D eigenvalue weighted by atomic mass is 9.85. The van der Waals surface area contributed by atoms with Gasteiger partial charge in [0.05, 0.1) is 13.2 Å². The molecule has 3 aromatic rings. The number of rotatable bonds is 4. The number of halogens is 1. The van der Waals surface area contributed by atoms with E-state index in [0.717, 1.165) is 16.7 Å².